The highest BCUT2D eigenvalue weighted by Crippen LogP contribution is 2.23. The maximum absolute atomic E-state index is 11.9. The Morgan fingerprint density at radius 3 is 2.63 bits per heavy atom. The van der Waals surface area contributed by atoms with Gasteiger partial charge in [-0.25, -0.2) is 13.1 Å². The van der Waals surface area contributed by atoms with Crippen LogP contribution in [0.1, 0.15) is 0 Å². The lowest BCUT2D eigenvalue weighted by molar-refractivity contribution is -0.385. The molecular formula is C9H12N4O5S. The monoisotopic (exact) mass is 288 g/mol. The fourth-order valence-electron chi connectivity index (χ4n) is 1.20. The second-order valence-corrected chi connectivity index (χ2v) is 5.21. The van der Waals surface area contributed by atoms with Crippen LogP contribution < -0.4 is 15.8 Å². The van der Waals surface area contributed by atoms with E-state index in [-0.39, 0.29) is 5.69 Å². The number of rotatable bonds is 5. The first-order valence-corrected chi connectivity index (χ1v) is 6.50. The average Bonchev–Trinajstić information content (AvgIpc) is 2.36. The van der Waals surface area contributed by atoms with Crippen molar-refractivity contribution in [1.82, 2.24) is 10.0 Å². The van der Waals surface area contributed by atoms with Gasteiger partial charge in [0.1, 0.15) is 4.90 Å². The molecule has 0 aliphatic rings. The molecule has 0 aliphatic carbocycles. The summed E-state index contributed by atoms with van der Waals surface area (Å²) in [5, 5.41) is 12.8. The molecule has 0 saturated heterocycles. The third-order valence-corrected chi connectivity index (χ3v) is 3.66. The van der Waals surface area contributed by atoms with Gasteiger partial charge >= 0.3 is 0 Å². The molecule has 1 aromatic carbocycles. The molecule has 0 bridgehead atoms. The van der Waals surface area contributed by atoms with Crippen LogP contribution in [0.15, 0.2) is 23.1 Å². The van der Waals surface area contributed by atoms with Crippen molar-refractivity contribution in [2.45, 2.75) is 4.90 Å². The number of non-ortho nitro benzene ring substituents is 1. The number of hydrogen-bond acceptors (Lipinski definition) is 6. The number of nitrogens with one attached hydrogen (secondary N) is 2. The lowest BCUT2D eigenvalue weighted by Gasteiger charge is -2.08. The van der Waals surface area contributed by atoms with Crippen LogP contribution in [0, 0.1) is 10.1 Å². The number of likely N-dealkylation sites (N-methyl/N-ethyl adjacent to an activating group) is 1. The standard InChI is InChI=1S/C9H12N4O5S/c1-11-9(14)5-12-19(17,18)8-4-6(13(15)16)2-3-7(8)10/h2-4,12H,5,10H2,1H3,(H,11,14). The van der Waals surface area contributed by atoms with E-state index >= 15 is 0 Å². The fourth-order valence-corrected chi connectivity index (χ4v) is 2.33. The molecule has 1 aromatic rings. The summed E-state index contributed by atoms with van der Waals surface area (Å²) in [6.45, 7) is -0.485. The predicted molar refractivity (Wildman–Crippen MR) is 66.8 cm³/mol. The molecular weight excluding hydrogens is 276 g/mol. The summed E-state index contributed by atoms with van der Waals surface area (Å²) >= 11 is 0. The zero-order valence-electron chi connectivity index (χ0n) is 9.91. The molecule has 0 radical (unpaired) electrons. The second kappa shape index (κ2) is 5.63. The maximum atomic E-state index is 11.9. The minimum Gasteiger partial charge on any atom is -0.398 e. The molecule has 9 nitrogen and oxygen atoms in total. The van der Waals surface area contributed by atoms with E-state index in [0.717, 1.165) is 18.2 Å². The topological polar surface area (TPSA) is 144 Å². The second-order valence-electron chi connectivity index (χ2n) is 3.48. The highest BCUT2D eigenvalue weighted by Gasteiger charge is 2.21. The number of sulfonamides is 1. The van der Waals surface area contributed by atoms with E-state index in [9.17, 15) is 23.3 Å². The van der Waals surface area contributed by atoms with Gasteiger partial charge in [-0.2, -0.15) is 0 Å². The number of anilines is 1. The van der Waals surface area contributed by atoms with E-state index in [4.69, 9.17) is 5.73 Å². The Labute approximate surface area is 109 Å². The molecule has 0 fully saturated rings. The molecule has 0 spiro atoms. The maximum Gasteiger partial charge on any atom is 0.270 e. The Morgan fingerprint density at radius 2 is 2.11 bits per heavy atom. The van der Waals surface area contributed by atoms with Gasteiger partial charge in [0.2, 0.25) is 15.9 Å². The van der Waals surface area contributed by atoms with Crippen molar-refractivity contribution < 1.29 is 18.1 Å². The summed E-state index contributed by atoms with van der Waals surface area (Å²) in [6.07, 6.45) is 0. The summed E-state index contributed by atoms with van der Waals surface area (Å²) in [6, 6.07) is 3.04. The largest absolute Gasteiger partial charge is 0.398 e. The highest BCUT2D eigenvalue weighted by molar-refractivity contribution is 7.89. The molecule has 0 aliphatic heterocycles. The smallest absolute Gasteiger partial charge is 0.270 e. The van der Waals surface area contributed by atoms with Gasteiger partial charge in [0.25, 0.3) is 5.69 Å². The van der Waals surface area contributed by atoms with Crippen molar-refractivity contribution in [3.63, 3.8) is 0 Å². The molecule has 0 aromatic heterocycles. The van der Waals surface area contributed by atoms with Gasteiger partial charge in [-0.3, -0.25) is 14.9 Å². The molecule has 19 heavy (non-hydrogen) atoms. The molecule has 10 heteroatoms. The number of carbonyl (C=O) groups excluding carboxylic acids is 1. The highest BCUT2D eigenvalue weighted by atomic mass is 32.2. The zero-order chi connectivity index (χ0) is 14.6. The van der Waals surface area contributed by atoms with Crippen LogP contribution in [-0.4, -0.2) is 32.8 Å². The number of nitrogens with two attached hydrogens (primary N) is 1. The first kappa shape index (κ1) is 14.9. The lowest BCUT2D eigenvalue weighted by atomic mass is 10.3. The number of nitrogens with zero attached hydrogens (tertiary/aromatic N) is 1. The van der Waals surface area contributed by atoms with Crippen LogP contribution in [-0.2, 0) is 14.8 Å². The number of nitro groups is 1. The summed E-state index contributed by atoms with van der Waals surface area (Å²) in [5.74, 6) is -0.549. The van der Waals surface area contributed by atoms with Gasteiger partial charge in [0.05, 0.1) is 17.2 Å². The van der Waals surface area contributed by atoms with Gasteiger partial charge in [0, 0.05) is 19.2 Å². The Hall–Kier alpha value is -2.20. The van der Waals surface area contributed by atoms with Crippen LogP contribution in [0.4, 0.5) is 11.4 Å². The van der Waals surface area contributed by atoms with Gasteiger partial charge < -0.3 is 11.1 Å². The summed E-state index contributed by atoms with van der Waals surface area (Å²) in [7, 11) is -2.75. The van der Waals surface area contributed by atoms with Crippen LogP contribution in [0.3, 0.4) is 0 Å². The minimum absolute atomic E-state index is 0.144. The molecule has 0 unspecified atom stereocenters. The number of nitrogen functional groups attached to an aromatic ring is 1. The van der Waals surface area contributed by atoms with Gasteiger partial charge in [0.15, 0.2) is 0 Å². The minimum atomic E-state index is -4.09. The number of hydrogen-bond donors (Lipinski definition) is 3. The first-order valence-electron chi connectivity index (χ1n) is 5.02. The van der Waals surface area contributed by atoms with Gasteiger partial charge in [-0.15, -0.1) is 0 Å². The number of nitro benzene ring substituents is 1. The van der Waals surface area contributed by atoms with E-state index in [0.29, 0.717) is 0 Å². The van der Waals surface area contributed by atoms with Gasteiger partial charge in [-0.1, -0.05) is 0 Å². The van der Waals surface area contributed by atoms with Crippen molar-refractivity contribution in [1.29, 1.82) is 0 Å². The Kier molecular flexibility index (Phi) is 4.40. The lowest BCUT2D eigenvalue weighted by Crippen LogP contribution is -2.35. The third-order valence-electron chi connectivity index (χ3n) is 2.20. The summed E-state index contributed by atoms with van der Waals surface area (Å²) in [5.41, 5.74) is 4.92. The summed E-state index contributed by atoms with van der Waals surface area (Å²) < 4.78 is 25.7. The average molecular weight is 288 g/mol. The van der Waals surface area contributed by atoms with Crippen LogP contribution in [0.25, 0.3) is 0 Å². The first-order chi connectivity index (χ1) is 8.77. The molecule has 0 atom stereocenters. The molecule has 0 heterocycles. The van der Waals surface area contributed by atoms with Crippen molar-refractivity contribution in [3.05, 3.63) is 28.3 Å². The number of benzene rings is 1. The number of amides is 1. The third kappa shape index (κ3) is 3.63. The van der Waals surface area contributed by atoms with Crippen LogP contribution in [0.5, 0.6) is 0 Å². The fraction of sp³-hybridized carbons (Fsp3) is 0.222. The molecule has 4 N–H and O–H groups in total. The predicted octanol–water partition coefficient (Wildman–Crippen LogP) is -0.799. The summed E-state index contributed by atoms with van der Waals surface area (Å²) in [4.78, 5) is 20.4. The van der Waals surface area contributed by atoms with E-state index in [1.807, 2.05) is 4.72 Å². The van der Waals surface area contributed by atoms with Crippen LogP contribution >= 0.6 is 0 Å². The normalized spacial score (nSPS) is 11.0. The molecule has 104 valence electrons. The molecule has 0 saturated carbocycles. The van der Waals surface area contributed by atoms with Crippen molar-refractivity contribution >= 4 is 27.3 Å². The van der Waals surface area contributed by atoms with E-state index in [2.05, 4.69) is 5.32 Å². The Bertz CT molecular complexity index is 613. The number of carbonyl (C=O) groups is 1. The van der Waals surface area contributed by atoms with Crippen molar-refractivity contribution in [2.75, 3.05) is 19.3 Å². The zero-order valence-corrected chi connectivity index (χ0v) is 10.7. The molecule has 1 rings (SSSR count). The van der Waals surface area contributed by atoms with E-state index < -0.39 is 38.0 Å². The van der Waals surface area contributed by atoms with E-state index in [1.165, 1.54) is 7.05 Å². The van der Waals surface area contributed by atoms with Crippen LogP contribution in [0.2, 0.25) is 0 Å². The quantitative estimate of drug-likeness (QED) is 0.367. The Balaban J connectivity index is 3.10. The van der Waals surface area contributed by atoms with Crippen molar-refractivity contribution in [2.24, 2.45) is 0 Å². The molecule has 1 amide bonds. The Morgan fingerprint density at radius 1 is 1.47 bits per heavy atom. The van der Waals surface area contributed by atoms with Crippen molar-refractivity contribution in [3.8, 4) is 0 Å². The van der Waals surface area contributed by atoms with Gasteiger partial charge in [-0.05, 0) is 6.07 Å². The van der Waals surface area contributed by atoms with E-state index in [1.54, 1.807) is 0 Å². The SMILES string of the molecule is CNC(=O)CNS(=O)(=O)c1cc([N+](=O)[O-])ccc1N.